The third-order valence-corrected chi connectivity index (χ3v) is 3.64. The van der Waals surface area contributed by atoms with Crippen LogP contribution in [0.25, 0.3) is 0 Å². The molecular formula is C11H13BrClNO. The maximum atomic E-state index is 9.87. The molecule has 15 heavy (non-hydrogen) atoms. The molecule has 0 fully saturated rings. The number of fused-ring (bicyclic) bond motifs is 1. The minimum absolute atomic E-state index is 0.359. The Labute approximate surface area is 103 Å². The molecule has 1 aromatic carbocycles. The van der Waals surface area contributed by atoms with Crippen LogP contribution < -0.4 is 4.90 Å². The Balaban J connectivity index is 2.45. The number of benzene rings is 1. The summed E-state index contributed by atoms with van der Waals surface area (Å²) in [5, 5.41) is 9.87. The molecule has 0 unspecified atom stereocenters. The molecule has 1 N–H and O–H groups in total. The molecule has 0 saturated carbocycles. The second-order valence-electron chi connectivity index (χ2n) is 3.67. The Morgan fingerprint density at radius 1 is 1.47 bits per heavy atom. The Bertz CT molecular complexity index is 370. The predicted molar refractivity (Wildman–Crippen MR) is 67.1 cm³/mol. The molecule has 0 amide bonds. The minimum Gasteiger partial charge on any atom is -0.506 e. The summed E-state index contributed by atoms with van der Waals surface area (Å²) < 4.78 is 1.08. The average molecular weight is 291 g/mol. The quantitative estimate of drug-likeness (QED) is 0.846. The molecule has 0 spiro atoms. The van der Waals surface area contributed by atoms with Crippen LogP contribution in [0.1, 0.15) is 12.0 Å². The number of nitrogens with zero attached hydrogens (tertiary/aromatic N) is 1. The molecule has 1 heterocycles. The monoisotopic (exact) mass is 289 g/mol. The van der Waals surface area contributed by atoms with Crippen molar-refractivity contribution < 1.29 is 5.11 Å². The number of alkyl halides is 1. The highest BCUT2D eigenvalue weighted by Gasteiger charge is 2.21. The lowest BCUT2D eigenvalue weighted by Gasteiger charge is -2.31. The summed E-state index contributed by atoms with van der Waals surface area (Å²) in [6.07, 6.45) is 2.13. The maximum absolute atomic E-state index is 9.87. The van der Waals surface area contributed by atoms with Crippen LogP contribution >= 0.6 is 27.5 Å². The van der Waals surface area contributed by atoms with Crippen LogP contribution in [0.2, 0.25) is 0 Å². The van der Waals surface area contributed by atoms with E-state index in [1.165, 1.54) is 5.56 Å². The topological polar surface area (TPSA) is 23.5 Å². The first-order valence-corrected chi connectivity index (χ1v) is 6.38. The number of rotatable bonds is 2. The predicted octanol–water partition coefficient (Wildman–Crippen LogP) is 3.15. The minimum atomic E-state index is 0.359. The summed E-state index contributed by atoms with van der Waals surface area (Å²) in [5.41, 5.74) is 2.16. The van der Waals surface area contributed by atoms with Crippen LogP contribution in [-0.4, -0.2) is 24.1 Å². The fourth-order valence-electron chi connectivity index (χ4n) is 2.07. The Kier molecular flexibility index (Phi) is 3.42. The normalized spacial score (nSPS) is 15.2. The van der Waals surface area contributed by atoms with E-state index in [1.54, 1.807) is 6.07 Å². The SMILES string of the molecule is Oc1ccc(Br)c2c1N(CCCl)CCC2. The van der Waals surface area contributed by atoms with E-state index in [1.807, 2.05) is 6.07 Å². The third-order valence-electron chi connectivity index (χ3n) is 2.73. The van der Waals surface area contributed by atoms with Crippen molar-refractivity contribution >= 4 is 33.2 Å². The molecule has 4 heteroatoms. The lowest BCUT2D eigenvalue weighted by molar-refractivity contribution is 0.470. The van der Waals surface area contributed by atoms with E-state index in [2.05, 4.69) is 20.8 Å². The van der Waals surface area contributed by atoms with Crippen LogP contribution in [0.4, 0.5) is 5.69 Å². The van der Waals surface area contributed by atoms with Crippen molar-refractivity contribution in [3.8, 4) is 5.75 Å². The fraction of sp³-hybridized carbons (Fsp3) is 0.455. The molecular weight excluding hydrogens is 277 g/mol. The highest BCUT2D eigenvalue weighted by Crippen LogP contribution is 2.39. The van der Waals surface area contributed by atoms with Gasteiger partial charge in [-0.3, -0.25) is 0 Å². The maximum Gasteiger partial charge on any atom is 0.139 e. The van der Waals surface area contributed by atoms with Crippen molar-refractivity contribution in [2.75, 3.05) is 23.9 Å². The first kappa shape index (κ1) is 11.1. The van der Waals surface area contributed by atoms with E-state index in [-0.39, 0.29) is 0 Å². The van der Waals surface area contributed by atoms with Crippen LogP contribution in [0.3, 0.4) is 0 Å². The van der Waals surface area contributed by atoms with E-state index in [0.717, 1.165) is 36.1 Å². The number of phenols is 1. The molecule has 2 nitrogen and oxygen atoms in total. The molecule has 0 bridgehead atoms. The zero-order valence-electron chi connectivity index (χ0n) is 8.34. The highest BCUT2D eigenvalue weighted by atomic mass is 79.9. The van der Waals surface area contributed by atoms with Gasteiger partial charge in [-0.05, 0) is 30.5 Å². The number of halogens is 2. The highest BCUT2D eigenvalue weighted by molar-refractivity contribution is 9.10. The standard InChI is InChI=1S/C11H13BrClNO/c12-9-3-4-10(15)11-8(9)2-1-6-14(11)7-5-13/h3-4,15H,1-2,5-7H2. The molecule has 0 saturated heterocycles. The van der Waals surface area contributed by atoms with Crippen LogP contribution in [-0.2, 0) is 6.42 Å². The molecule has 0 aromatic heterocycles. The smallest absolute Gasteiger partial charge is 0.139 e. The number of anilines is 1. The van der Waals surface area contributed by atoms with Gasteiger partial charge in [0.15, 0.2) is 0 Å². The summed E-state index contributed by atoms with van der Waals surface area (Å²) in [4.78, 5) is 2.16. The van der Waals surface area contributed by atoms with E-state index in [4.69, 9.17) is 11.6 Å². The molecule has 1 aromatic rings. The largest absolute Gasteiger partial charge is 0.506 e. The van der Waals surface area contributed by atoms with Crippen molar-refractivity contribution in [3.63, 3.8) is 0 Å². The van der Waals surface area contributed by atoms with Gasteiger partial charge in [-0.2, -0.15) is 0 Å². The van der Waals surface area contributed by atoms with Gasteiger partial charge >= 0.3 is 0 Å². The molecule has 0 atom stereocenters. The van der Waals surface area contributed by atoms with Gasteiger partial charge < -0.3 is 10.0 Å². The molecule has 2 rings (SSSR count). The Morgan fingerprint density at radius 3 is 3.00 bits per heavy atom. The Morgan fingerprint density at radius 2 is 2.27 bits per heavy atom. The van der Waals surface area contributed by atoms with E-state index < -0.39 is 0 Å². The van der Waals surface area contributed by atoms with Crippen LogP contribution in [0.15, 0.2) is 16.6 Å². The van der Waals surface area contributed by atoms with Crippen LogP contribution in [0, 0.1) is 0 Å². The van der Waals surface area contributed by atoms with Gasteiger partial charge in [0.1, 0.15) is 5.75 Å². The lowest BCUT2D eigenvalue weighted by atomic mass is 10.0. The van der Waals surface area contributed by atoms with Crippen molar-refractivity contribution in [3.05, 3.63) is 22.2 Å². The van der Waals surface area contributed by atoms with Crippen molar-refractivity contribution in [2.24, 2.45) is 0 Å². The number of aromatic hydroxyl groups is 1. The molecule has 1 aliphatic heterocycles. The van der Waals surface area contributed by atoms with Crippen molar-refractivity contribution in [1.82, 2.24) is 0 Å². The molecule has 82 valence electrons. The second-order valence-corrected chi connectivity index (χ2v) is 4.91. The summed E-state index contributed by atoms with van der Waals surface area (Å²) >= 11 is 9.28. The molecule has 1 aliphatic rings. The van der Waals surface area contributed by atoms with Gasteiger partial charge in [0.2, 0.25) is 0 Å². The number of hydrogen-bond donors (Lipinski definition) is 1. The third kappa shape index (κ3) is 2.08. The number of hydrogen-bond acceptors (Lipinski definition) is 2. The van der Waals surface area contributed by atoms with Gasteiger partial charge in [0, 0.05) is 23.4 Å². The zero-order valence-corrected chi connectivity index (χ0v) is 10.7. The van der Waals surface area contributed by atoms with Crippen LogP contribution in [0.5, 0.6) is 5.75 Å². The van der Waals surface area contributed by atoms with E-state index >= 15 is 0 Å². The van der Waals surface area contributed by atoms with E-state index in [0.29, 0.717) is 11.6 Å². The summed E-state index contributed by atoms with van der Waals surface area (Å²) in [6, 6.07) is 3.63. The van der Waals surface area contributed by atoms with E-state index in [9.17, 15) is 5.11 Å². The summed E-state index contributed by atoms with van der Waals surface area (Å²) in [5.74, 6) is 0.948. The van der Waals surface area contributed by atoms with Gasteiger partial charge in [0.25, 0.3) is 0 Å². The zero-order chi connectivity index (χ0) is 10.8. The van der Waals surface area contributed by atoms with Gasteiger partial charge in [0.05, 0.1) is 5.69 Å². The Hall–Kier alpha value is -0.410. The first-order chi connectivity index (χ1) is 7.24. The number of phenolic OH excluding ortho intramolecular Hbond substituents is 1. The fourth-order valence-corrected chi connectivity index (χ4v) is 2.80. The van der Waals surface area contributed by atoms with Gasteiger partial charge in [-0.1, -0.05) is 15.9 Å². The molecule has 0 radical (unpaired) electrons. The summed E-state index contributed by atoms with van der Waals surface area (Å²) in [6.45, 7) is 1.77. The first-order valence-electron chi connectivity index (χ1n) is 5.05. The van der Waals surface area contributed by atoms with Crippen molar-refractivity contribution in [2.45, 2.75) is 12.8 Å². The second kappa shape index (κ2) is 4.62. The van der Waals surface area contributed by atoms with Gasteiger partial charge in [-0.15, -0.1) is 11.6 Å². The van der Waals surface area contributed by atoms with Gasteiger partial charge in [-0.25, -0.2) is 0 Å². The molecule has 0 aliphatic carbocycles. The lowest BCUT2D eigenvalue weighted by Crippen LogP contribution is -2.31. The van der Waals surface area contributed by atoms with Crippen molar-refractivity contribution in [1.29, 1.82) is 0 Å². The summed E-state index contributed by atoms with van der Waals surface area (Å²) in [7, 11) is 0. The average Bonchev–Trinajstić information content (AvgIpc) is 2.24.